The van der Waals surface area contributed by atoms with Crippen LogP contribution in [0.3, 0.4) is 0 Å². The molecule has 5 heterocycles. The second-order valence-corrected chi connectivity index (χ2v) is 12.2. The molecule has 0 spiro atoms. The molecule has 2 N–H and O–H groups in total. The number of hydrogen-bond acceptors (Lipinski definition) is 6. The van der Waals surface area contributed by atoms with Crippen LogP contribution in [0.2, 0.25) is 0 Å². The van der Waals surface area contributed by atoms with Crippen LogP contribution < -0.4 is 15.8 Å². The van der Waals surface area contributed by atoms with Gasteiger partial charge in [0.1, 0.15) is 17.2 Å². The van der Waals surface area contributed by atoms with Crippen molar-refractivity contribution in [3.8, 4) is 11.1 Å². The fourth-order valence-electron chi connectivity index (χ4n) is 6.67. The summed E-state index contributed by atoms with van der Waals surface area (Å²) in [6.45, 7) is 6.64. The van der Waals surface area contributed by atoms with Crippen LogP contribution in [0.1, 0.15) is 46.9 Å². The number of aryl methyl sites for hydroxylation is 1. The standard InChI is InChI=1S/C31H33FN6O4/c1-31(2)13-18-9-26-30(41)37(5-4-36(26)27(18)14-31)25-11-20(32)10-22(23(25)16-39)19-8-24(29(40)35(3)15-19)33-28-12-21-17-42-7-6-38(21)34-28/h8-12,15,39H,4-7,13-14,16-17H2,1-3H3,(H,33,34). The summed E-state index contributed by atoms with van der Waals surface area (Å²) >= 11 is 0. The van der Waals surface area contributed by atoms with E-state index in [1.54, 1.807) is 24.2 Å². The van der Waals surface area contributed by atoms with Gasteiger partial charge in [0, 0.05) is 49.2 Å². The SMILES string of the molecule is Cn1cc(-c2cc(F)cc(N3CCn4c(cc5c4CC(C)(C)C5)C3=O)c2CO)cc(Nc2cc3n(n2)CCOC3)c1=O. The summed E-state index contributed by atoms with van der Waals surface area (Å²) in [5.41, 5.74) is 5.71. The Hall–Kier alpha value is -4.22. The quantitative estimate of drug-likeness (QED) is 0.378. The molecule has 3 aromatic heterocycles. The van der Waals surface area contributed by atoms with E-state index < -0.39 is 12.4 Å². The molecule has 0 fully saturated rings. The van der Waals surface area contributed by atoms with E-state index in [1.807, 2.05) is 16.8 Å². The van der Waals surface area contributed by atoms with Crippen LogP contribution in [0.5, 0.6) is 0 Å². The molecule has 0 unspecified atom stereocenters. The monoisotopic (exact) mass is 572 g/mol. The Balaban J connectivity index is 1.26. The minimum Gasteiger partial charge on any atom is -0.392 e. The third kappa shape index (κ3) is 4.35. The predicted octanol–water partition coefficient (Wildman–Crippen LogP) is 3.74. The van der Waals surface area contributed by atoms with Gasteiger partial charge in [-0.3, -0.25) is 14.3 Å². The van der Waals surface area contributed by atoms with E-state index in [4.69, 9.17) is 4.74 Å². The fourth-order valence-corrected chi connectivity index (χ4v) is 6.67. The number of carbonyl (C=O) groups is 1. The number of ether oxygens (including phenoxy) is 1. The molecule has 218 valence electrons. The number of rotatable bonds is 5. The van der Waals surface area contributed by atoms with Gasteiger partial charge >= 0.3 is 0 Å². The first kappa shape index (κ1) is 26.7. The van der Waals surface area contributed by atoms with Gasteiger partial charge in [0.2, 0.25) is 0 Å². The highest BCUT2D eigenvalue weighted by molar-refractivity contribution is 6.07. The normalized spacial score (nSPS) is 17.3. The van der Waals surface area contributed by atoms with Crippen molar-refractivity contribution in [3.05, 3.63) is 80.9 Å². The zero-order valence-corrected chi connectivity index (χ0v) is 23.9. The molecule has 1 aliphatic carbocycles. The average molecular weight is 573 g/mol. The topological polar surface area (TPSA) is 107 Å². The van der Waals surface area contributed by atoms with E-state index >= 15 is 4.39 Å². The number of halogens is 1. The van der Waals surface area contributed by atoms with Gasteiger partial charge in [-0.15, -0.1) is 0 Å². The number of anilines is 3. The predicted molar refractivity (Wildman–Crippen MR) is 155 cm³/mol. The molecular weight excluding hydrogens is 539 g/mol. The largest absolute Gasteiger partial charge is 0.392 e. The first-order valence-corrected chi connectivity index (χ1v) is 14.2. The van der Waals surface area contributed by atoms with Crippen LogP contribution in [0.25, 0.3) is 11.1 Å². The van der Waals surface area contributed by atoms with E-state index in [2.05, 4.69) is 28.8 Å². The summed E-state index contributed by atoms with van der Waals surface area (Å²) in [4.78, 5) is 28.4. The molecule has 2 aliphatic heterocycles. The molecule has 0 saturated heterocycles. The van der Waals surface area contributed by atoms with Crippen molar-refractivity contribution in [1.82, 2.24) is 18.9 Å². The van der Waals surface area contributed by atoms with Gasteiger partial charge in [-0.25, -0.2) is 4.39 Å². The lowest BCUT2D eigenvalue weighted by Crippen LogP contribution is -2.41. The first-order chi connectivity index (χ1) is 20.1. The van der Waals surface area contributed by atoms with E-state index in [0.717, 1.165) is 18.5 Å². The van der Waals surface area contributed by atoms with Gasteiger partial charge in [0.15, 0.2) is 5.82 Å². The maximum absolute atomic E-state index is 15.2. The van der Waals surface area contributed by atoms with Crippen LogP contribution in [-0.2, 0) is 50.9 Å². The third-order valence-electron chi connectivity index (χ3n) is 8.58. The number of fused-ring (bicyclic) bond motifs is 4. The van der Waals surface area contributed by atoms with Gasteiger partial charge in [0.25, 0.3) is 11.5 Å². The number of carbonyl (C=O) groups excluding carboxylic acids is 1. The van der Waals surface area contributed by atoms with Crippen molar-refractivity contribution >= 4 is 23.1 Å². The Morgan fingerprint density at radius 1 is 1.10 bits per heavy atom. The molecule has 10 nitrogen and oxygen atoms in total. The van der Waals surface area contributed by atoms with Gasteiger partial charge < -0.3 is 29.2 Å². The Morgan fingerprint density at radius 3 is 2.71 bits per heavy atom. The summed E-state index contributed by atoms with van der Waals surface area (Å²) in [6, 6.07) is 8.08. The second kappa shape index (κ2) is 9.67. The zero-order valence-electron chi connectivity index (χ0n) is 23.9. The van der Waals surface area contributed by atoms with E-state index in [9.17, 15) is 14.7 Å². The number of nitrogens with one attached hydrogen (secondary N) is 1. The number of hydrogen-bond donors (Lipinski definition) is 2. The first-order valence-electron chi connectivity index (χ1n) is 14.2. The molecular formula is C31H33FN6O4. The number of aromatic nitrogens is 4. The molecule has 42 heavy (non-hydrogen) atoms. The van der Waals surface area contributed by atoms with Crippen molar-refractivity contribution in [2.24, 2.45) is 12.5 Å². The maximum Gasteiger partial charge on any atom is 0.274 e. The van der Waals surface area contributed by atoms with Crippen LogP contribution >= 0.6 is 0 Å². The molecule has 0 bridgehead atoms. The van der Waals surface area contributed by atoms with Crippen LogP contribution in [0.15, 0.2) is 41.3 Å². The molecule has 1 aromatic carbocycles. The molecule has 11 heteroatoms. The van der Waals surface area contributed by atoms with E-state index in [0.29, 0.717) is 66.7 Å². The lowest BCUT2D eigenvalue weighted by molar-refractivity contribution is 0.0801. The van der Waals surface area contributed by atoms with Gasteiger partial charge in [-0.1, -0.05) is 13.8 Å². The molecule has 4 aromatic rings. The van der Waals surface area contributed by atoms with Crippen LogP contribution in [0.4, 0.5) is 21.6 Å². The minimum atomic E-state index is -0.541. The van der Waals surface area contributed by atoms with Crippen molar-refractivity contribution < 1.29 is 19.0 Å². The number of pyridine rings is 1. The lowest BCUT2D eigenvalue weighted by Gasteiger charge is -2.32. The Bertz CT molecular complexity index is 1790. The van der Waals surface area contributed by atoms with Crippen LogP contribution in [0, 0.1) is 11.2 Å². The van der Waals surface area contributed by atoms with Crippen LogP contribution in [-0.4, -0.2) is 43.1 Å². The minimum absolute atomic E-state index is 0.170. The maximum atomic E-state index is 15.2. The highest BCUT2D eigenvalue weighted by Gasteiger charge is 2.37. The van der Waals surface area contributed by atoms with E-state index in [-0.39, 0.29) is 22.6 Å². The van der Waals surface area contributed by atoms with E-state index in [1.165, 1.54) is 28.0 Å². The summed E-state index contributed by atoms with van der Waals surface area (Å²) in [6.07, 6.45) is 3.44. The zero-order chi connectivity index (χ0) is 29.3. The number of aliphatic hydroxyl groups is 1. The van der Waals surface area contributed by atoms with Gasteiger partial charge in [0.05, 0.1) is 37.7 Å². The van der Waals surface area contributed by atoms with Crippen molar-refractivity contribution in [2.45, 2.75) is 53.0 Å². The van der Waals surface area contributed by atoms with Gasteiger partial charge in [-0.2, -0.15) is 5.10 Å². The molecule has 7 rings (SSSR count). The van der Waals surface area contributed by atoms with Crippen molar-refractivity contribution in [2.75, 3.05) is 23.4 Å². The molecule has 0 atom stereocenters. The molecule has 0 radical (unpaired) electrons. The lowest BCUT2D eigenvalue weighted by atomic mass is 9.90. The summed E-state index contributed by atoms with van der Waals surface area (Å²) in [5, 5.41) is 18.2. The van der Waals surface area contributed by atoms with Crippen molar-refractivity contribution in [1.29, 1.82) is 0 Å². The second-order valence-electron chi connectivity index (χ2n) is 12.2. The Morgan fingerprint density at radius 2 is 1.93 bits per heavy atom. The fraction of sp³-hybridized carbons (Fsp3) is 0.387. The number of benzene rings is 1. The van der Waals surface area contributed by atoms with Crippen molar-refractivity contribution in [3.63, 3.8) is 0 Å². The third-order valence-corrected chi connectivity index (χ3v) is 8.58. The Labute approximate surface area is 241 Å². The number of aliphatic hydroxyl groups excluding tert-OH is 1. The molecule has 0 saturated carbocycles. The summed E-state index contributed by atoms with van der Waals surface area (Å²) in [5.74, 6) is -0.250. The Kier molecular flexibility index (Phi) is 6.14. The van der Waals surface area contributed by atoms with Gasteiger partial charge in [-0.05, 0) is 53.6 Å². The summed E-state index contributed by atoms with van der Waals surface area (Å²) in [7, 11) is 1.62. The highest BCUT2D eigenvalue weighted by Crippen LogP contribution is 2.41. The number of nitrogens with zero attached hydrogens (tertiary/aromatic N) is 5. The highest BCUT2D eigenvalue weighted by atomic mass is 19.1. The average Bonchev–Trinajstić information content (AvgIpc) is 3.60. The number of amides is 1. The smallest absolute Gasteiger partial charge is 0.274 e. The molecule has 1 amide bonds. The molecule has 3 aliphatic rings. The summed E-state index contributed by atoms with van der Waals surface area (Å²) < 4.78 is 26.1.